The van der Waals surface area contributed by atoms with Crippen LogP contribution in [-0.2, 0) is 0 Å². The van der Waals surface area contributed by atoms with Gasteiger partial charge < -0.3 is 18.9 Å². The van der Waals surface area contributed by atoms with Crippen LogP contribution in [0.25, 0.3) is 76.8 Å². The monoisotopic (exact) mass is 904 g/mol. The van der Waals surface area contributed by atoms with Crippen LogP contribution in [0.15, 0.2) is 133 Å². The van der Waals surface area contributed by atoms with Gasteiger partial charge in [-0.25, -0.2) is 8.78 Å². The van der Waals surface area contributed by atoms with Crippen LogP contribution in [-0.4, -0.2) is 25.4 Å². The molecule has 0 aliphatic heterocycles. The van der Waals surface area contributed by atoms with E-state index in [4.69, 9.17) is 0 Å². The number of ether oxygens (including phenoxy) is 4. The molecule has 4 nitrogen and oxygen atoms in total. The van der Waals surface area contributed by atoms with E-state index < -0.39 is 60.1 Å². The van der Waals surface area contributed by atoms with Gasteiger partial charge in [-0.05, 0) is 150 Å². The first kappa shape index (κ1) is 43.4. The Kier molecular flexibility index (Phi) is 10.7. The molecule has 0 aliphatic carbocycles. The van der Waals surface area contributed by atoms with Crippen molar-refractivity contribution in [1.82, 2.24) is 0 Å². The van der Waals surface area contributed by atoms with E-state index in [1.165, 1.54) is 60.7 Å². The van der Waals surface area contributed by atoms with Gasteiger partial charge in [-0.15, -0.1) is 52.7 Å². The molecule has 0 aromatic heterocycles. The second-order valence-corrected chi connectivity index (χ2v) is 13.9. The van der Waals surface area contributed by atoms with Crippen LogP contribution in [0.1, 0.15) is 0 Å². The number of fused-ring (bicyclic) bond motifs is 3. The minimum atomic E-state index is -5.23. The molecule has 0 amide bonds. The number of alkyl halides is 12. The van der Waals surface area contributed by atoms with Crippen molar-refractivity contribution in [2.24, 2.45) is 0 Å². The molecular weight excluding hydrogens is 882 g/mol. The average molecular weight is 905 g/mol. The molecule has 0 spiro atoms. The first-order valence-corrected chi connectivity index (χ1v) is 18.3. The highest BCUT2D eigenvalue weighted by atomic mass is 19.4. The van der Waals surface area contributed by atoms with Gasteiger partial charge in [0.25, 0.3) is 0 Å². The average Bonchev–Trinajstić information content (AvgIpc) is 3.18. The molecule has 0 radical (unpaired) electrons. The first-order valence-electron chi connectivity index (χ1n) is 18.3. The minimum Gasteiger partial charge on any atom is -0.406 e. The van der Waals surface area contributed by atoms with E-state index in [1.54, 1.807) is 0 Å². The molecule has 328 valence electrons. The number of rotatable bonds is 8. The van der Waals surface area contributed by atoms with Gasteiger partial charge >= 0.3 is 25.4 Å². The van der Waals surface area contributed by atoms with E-state index in [0.29, 0.717) is 0 Å². The lowest BCUT2D eigenvalue weighted by Gasteiger charge is -2.26. The highest BCUT2D eigenvalue weighted by molar-refractivity contribution is 6.34. The summed E-state index contributed by atoms with van der Waals surface area (Å²) in [6.07, 6.45) is -20.7. The molecule has 18 heteroatoms. The van der Waals surface area contributed by atoms with Gasteiger partial charge in [0.2, 0.25) is 0 Å². The van der Waals surface area contributed by atoms with E-state index in [2.05, 4.69) is 18.9 Å². The Bertz CT molecular complexity index is 2820. The van der Waals surface area contributed by atoms with Crippen molar-refractivity contribution in [1.29, 1.82) is 0 Å². The van der Waals surface area contributed by atoms with Crippen LogP contribution in [0.4, 0.5) is 61.5 Å². The Morgan fingerprint density at radius 1 is 0.266 bits per heavy atom. The molecular formula is C46H22F14O4. The zero-order valence-corrected chi connectivity index (χ0v) is 31.6. The fourth-order valence-electron chi connectivity index (χ4n) is 7.66. The maximum absolute atomic E-state index is 14.6. The number of halogens is 14. The van der Waals surface area contributed by atoms with Crippen molar-refractivity contribution < 1.29 is 80.4 Å². The summed E-state index contributed by atoms with van der Waals surface area (Å²) >= 11 is 0. The summed E-state index contributed by atoms with van der Waals surface area (Å²) in [6.45, 7) is 0. The lowest BCUT2D eigenvalue weighted by Crippen LogP contribution is -2.17. The van der Waals surface area contributed by atoms with Crippen molar-refractivity contribution in [3.8, 4) is 67.5 Å². The summed E-state index contributed by atoms with van der Waals surface area (Å²) < 4.78 is 209. The second-order valence-electron chi connectivity index (χ2n) is 13.9. The van der Waals surface area contributed by atoms with E-state index in [0.717, 1.165) is 72.8 Å². The van der Waals surface area contributed by atoms with Gasteiger partial charge in [0, 0.05) is 0 Å². The van der Waals surface area contributed by atoms with Crippen LogP contribution >= 0.6 is 0 Å². The van der Waals surface area contributed by atoms with Crippen molar-refractivity contribution in [2.45, 2.75) is 25.4 Å². The number of benzene rings is 8. The standard InChI is InChI=1S/C46H22F14O4/c47-27-9-1-23(2-10-27)39-35-21-31(63-45(55,56)57)17-19-33(35)38(26-7-15-30(16-8-26)62-44(52,53)54)42-40(24-3-11-28(48)12-4-24)36-22-32(64-46(58,59)60)18-20-34(36)37(41(39)42)25-5-13-29(14-6-25)61-43(49,50)51/h1-22H. The highest BCUT2D eigenvalue weighted by Gasteiger charge is 2.35. The molecule has 0 N–H and O–H groups in total. The normalized spacial score (nSPS) is 12.5. The maximum atomic E-state index is 14.6. The third kappa shape index (κ3) is 9.26. The lowest BCUT2D eigenvalue weighted by molar-refractivity contribution is -0.275. The van der Waals surface area contributed by atoms with Crippen LogP contribution in [0.5, 0.6) is 23.0 Å². The Labute approximate surface area is 350 Å². The molecule has 8 aromatic rings. The highest BCUT2D eigenvalue weighted by Crippen LogP contribution is 2.55. The molecule has 0 atom stereocenters. The molecule has 0 aliphatic rings. The fraction of sp³-hybridized carbons (Fsp3) is 0.0870. The first-order chi connectivity index (χ1) is 30.0. The summed E-state index contributed by atoms with van der Waals surface area (Å²) in [5.74, 6) is -4.38. The van der Waals surface area contributed by atoms with Gasteiger partial charge in [0.05, 0.1) is 0 Å². The predicted octanol–water partition coefficient (Wildman–Crippen LogP) is 15.7. The summed E-state index contributed by atoms with van der Waals surface area (Å²) in [7, 11) is 0. The van der Waals surface area contributed by atoms with Crippen molar-refractivity contribution in [2.75, 3.05) is 0 Å². The molecule has 8 aromatic carbocycles. The molecule has 0 fully saturated rings. The predicted molar refractivity (Wildman–Crippen MR) is 207 cm³/mol. The number of hydrogen-bond acceptors (Lipinski definition) is 4. The molecule has 0 saturated carbocycles. The Balaban J connectivity index is 1.67. The van der Waals surface area contributed by atoms with E-state index in [9.17, 15) is 61.5 Å². The smallest absolute Gasteiger partial charge is 0.406 e. The van der Waals surface area contributed by atoms with Crippen molar-refractivity contribution >= 4 is 32.3 Å². The topological polar surface area (TPSA) is 36.9 Å². The van der Waals surface area contributed by atoms with E-state index >= 15 is 0 Å². The molecule has 0 bridgehead atoms. The maximum Gasteiger partial charge on any atom is 0.573 e. The van der Waals surface area contributed by atoms with Crippen molar-refractivity contribution in [3.05, 3.63) is 145 Å². The zero-order chi connectivity index (χ0) is 45.9. The number of hydrogen-bond donors (Lipinski definition) is 0. The van der Waals surface area contributed by atoms with Crippen LogP contribution in [0.2, 0.25) is 0 Å². The largest absolute Gasteiger partial charge is 0.573 e. The lowest BCUT2D eigenvalue weighted by atomic mass is 9.77. The summed E-state index contributed by atoms with van der Waals surface area (Å²) in [5.41, 5.74) is 0.510. The fourth-order valence-corrected chi connectivity index (χ4v) is 7.66. The molecule has 0 saturated heterocycles. The second kappa shape index (κ2) is 15.8. The summed E-state index contributed by atoms with van der Waals surface area (Å²) in [5, 5.41) is 0.106. The SMILES string of the molecule is Fc1ccc(-c2c3cc(OC(F)(F)F)ccc3c(-c3ccc(OC(F)(F)F)cc3)c3c(-c4ccc(F)cc4)c4cc(OC(F)(F)F)ccc4c(-c4ccc(OC(F)(F)F)cc4)c23)cc1. The molecule has 0 heterocycles. The third-order valence-corrected chi connectivity index (χ3v) is 9.80. The van der Waals surface area contributed by atoms with Gasteiger partial charge in [0.15, 0.2) is 0 Å². The molecule has 64 heavy (non-hydrogen) atoms. The van der Waals surface area contributed by atoms with Gasteiger partial charge in [0.1, 0.15) is 34.6 Å². The van der Waals surface area contributed by atoms with Crippen LogP contribution in [0, 0.1) is 11.6 Å². The molecule has 0 unspecified atom stereocenters. The van der Waals surface area contributed by atoms with Crippen LogP contribution in [0.3, 0.4) is 0 Å². The third-order valence-electron chi connectivity index (χ3n) is 9.80. The van der Waals surface area contributed by atoms with Gasteiger partial charge in [-0.2, -0.15) is 0 Å². The quantitative estimate of drug-likeness (QED) is 0.112. The Morgan fingerprint density at radius 2 is 0.500 bits per heavy atom. The van der Waals surface area contributed by atoms with Crippen molar-refractivity contribution in [3.63, 3.8) is 0 Å². The Morgan fingerprint density at radius 3 is 0.781 bits per heavy atom. The van der Waals surface area contributed by atoms with E-state index in [-0.39, 0.29) is 76.8 Å². The zero-order valence-electron chi connectivity index (χ0n) is 31.6. The Hall–Kier alpha value is -7.24. The van der Waals surface area contributed by atoms with Gasteiger partial charge in [-0.3, -0.25) is 0 Å². The van der Waals surface area contributed by atoms with E-state index in [1.807, 2.05) is 0 Å². The summed E-state index contributed by atoms with van der Waals surface area (Å²) in [6, 6.07) is 23.9. The minimum absolute atomic E-state index is 0.0323. The van der Waals surface area contributed by atoms with Crippen LogP contribution < -0.4 is 18.9 Å². The van der Waals surface area contributed by atoms with Gasteiger partial charge in [-0.1, -0.05) is 60.7 Å². The summed E-state index contributed by atoms with van der Waals surface area (Å²) in [4.78, 5) is 0. The molecule has 8 rings (SSSR count).